The highest BCUT2D eigenvalue weighted by atomic mass is 35.5. The summed E-state index contributed by atoms with van der Waals surface area (Å²) in [6, 6.07) is 4.40. The van der Waals surface area contributed by atoms with Crippen molar-refractivity contribution < 1.29 is 37.5 Å². The number of benzene rings is 1. The molecule has 0 radical (unpaired) electrons. The lowest BCUT2D eigenvalue weighted by atomic mass is 9.96. The smallest absolute Gasteiger partial charge is 0.435 e. The Kier molecular flexibility index (Phi) is 10.2. The number of nitrogens with one attached hydrogen (secondary N) is 3. The third kappa shape index (κ3) is 7.23. The minimum Gasteiger partial charge on any atom is -0.483 e. The fourth-order valence-electron chi connectivity index (χ4n) is 6.36. The summed E-state index contributed by atoms with van der Waals surface area (Å²) in [5, 5.41) is 19.6. The Bertz CT molecular complexity index is 1710. The molecule has 4 heterocycles. The van der Waals surface area contributed by atoms with Crippen LogP contribution in [0.4, 0.5) is 18.9 Å². The highest BCUT2D eigenvalue weighted by molar-refractivity contribution is 6.34. The molecule has 2 aromatic heterocycles. The molecule has 0 spiro atoms. The number of anilines is 1. The number of hydrogen-bond acceptors (Lipinski definition) is 7. The minimum atomic E-state index is -4.72. The van der Waals surface area contributed by atoms with Crippen molar-refractivity contribution >= 4 is 41.5 Å². The Balaban J connectivity index is 0.00000145. The second kappa shape index (κ2) is 14.2. The summed E-state index contributed by atoms with van der Waals surface area (Å²) in [4.78, 5) is 53.2. The first-order valence-corrected chi connectivity index (χ1v) is 15.5. The van der Waals surface area contributed by atoms with Gasteiger partial charge in [-0.25, -0.2) is 4.98 Å². The first-order valence-electron chi connectivity index (χ1n) is 15.1. The number of hydrogen-bond donors (Lipinski definition) is 4. The van der Waals surface area contributed by atoms with Crippen molar-refractivity contribution in [2.45, 2.75) is 31.6 Å². The van der Waals surface area contributed by atoms with E-state index in [0.29, 0.717) is 13.1 Å². The molecule has 48 heavy (non-hydrogen) atoms. The Morgan fingerprint density at radius 3 is 2.44 bits per heavy atom. The van der Waals surface area contributed by atoms with Crippen molar-refractivity contribution in [2.75, 3.05) is 31.5 Å². The van der Waals surface area contributed by atoms with Gasteiger partial charge in [0.15, 0.2) is 11.5 Å². The number of rotatable bonds is 8. The number of amides is 3. The number of carboxylic acid groups (broad SMARTS) is 1. The number of aromatic nitrogens is 4. The Labute approximate surface area is 278 Å². The second-order valence-electron chi connectivity index (χ2n) is 11.8. The van der Waals surface area contributed by atoms with Gasteiger partial charge in [0.25, 0.3) is 18.3 Å². The molecule has 256 valence electrons. The van der Waals surface area contributed by atoms with Gasteiger partial charge in [0.1, 0.15) is 0 Å². The van der Waals surface area contributed by atoms with Gasteiger partial charge in [0, 0.05) is 55.8 Å². The Morgan fingerprint density at radius 2 is 1.83 bits per heavy atom. The van der Waals surface area contributed by atoms with Crippen molar-refractivity contribution in [3.63, 3.8) is 0 Å². The number of allylic oxidation sites excluding steroid dienone is 1. The summed E-state index contributed by atoms with van der Waals surface area (Å²) in [6.07, 6.45) is 0.817. The number of fused-ring (bicyclic) bond motifs is 1. The third-order valence-corrected chi connectivity index (χ3v) is 9.09. The van der Waals surface area contributed by atoms with Crippen molar-refractivity contribution in [1.82, 2.24) is 34.9 Å². The average Bonchev–Trinajstić information content (AvgIpc) is 3.46. The maximum atomic E-state index is 13.7. The normalized spacial score (nSPS) is 20.3. The number of likely N-dealkylation sites (tertiary alicyclic amines) is 1. The van der Waals surface area contributed by atoms with Gasteiger partial charge >= 0.3 is 6.18 Å². The summed E-state index contributed by atoms with van der Waals surface area (Å²) >= 11 is 6.42. The van der Waals surface area contributed by atoms with E-state index in [1.807, 2.05) is 4.90 Å². The van der Waals surface area contributed by atoms with Gasteiger partial charge in [0.2, 0.25) is 5.91 Å². The summed E-state index contributed by atoms with van der Waals surface area (Å²) in [5.74, 6) is -0.435. The number of nitrogens with zero attached hydrogens (tertiary/aromatic N) is 5. The fourth-order valence-corrected chi connectivity index (χ4v) is 6.62. The number of imidazole rings is 1. The summed E-state index contributed by atoms with van der Waals surface area (Å²) in [5.41, 5.74) is -0.763. The van der Waals surface area contributed by atoms with Gasteiger partial charge in [-0.05, 0) is 44.1 Å². The van der Waals surface area contributed by atoms with E-state index in [2.05, 4.69) is 32.6 Å². The van der Waals surface area contributed by atoms with Crippen LogP contribution in [0.3, 0.4) is 0 Å². The van der Waals surface area contributed by atoms with Crippen molar-refractivity contribution in [3.05, 3.63) is 65.4 Å². The molecule has 2 atom stereocenters. The van der Waals surface area contributed by atoms with Crippen molar-refractivity contribution in [3.8, 4) is 11.3 Å². The Hall–Kier alpha value is -4.70. The van der Waals surface area contributed by atoms with E-state index in [4.69, 9.17) is 21.5 Å². The number of alkyl halides is 3. The molecule has 17 heteroatoms. The van der Waals surface area contributed by atoms with Crippen LogP contribution in [0.2, 0.25) is 5.02 Å². The summed E-state index contributed by atoms with van der Waals surface area (Å²) in [6.45, 7) is 6.35. The van der Waals surface area contributed by atoms with Crippen molar-refractivity contribution in [1.29, 1.82) is 0 Å². The van der Waals surface area contributed by atoms with Gasteiger partial charge in [0.05, 0.1) is 34.6 Å². The number of carbonyl (C=O) groups is 4. The van der Waals surface area contributed by atoms with Gasteiger partial charge in [-0.1, -0.05) is 17.7 Å². The average molecular weight is 691 g/mol. The van der Waals surface area contributed by atoms with Gasteiger partial charge in [-0.3, -0.25) is 23.9 Å². The molecule has 1 aromatic carbocycles. The van der Waals surface area contributed by atoms with Gasteiger partial charge in [-0.15, -0.1) is 6.58 Å². The van der Waals surface area contributed by atoms with E-state index in [-0.39, 0.29) is 82.0 Å². The van der Waals surface area contributed by atoms with E-state index < -0.39 is 17.8 Å². The zero-order valence-electron chi connectivity index (χ0n) is 25.8. The highest BCUT2D eigenvalue weighted by Gasteiger charge is 2.57. The largest absolute Gasteiger partial charge is 0.483 e. The van der Waals surface area contributed by atoms with E-state index >= 15 is 0 Å². The lowest BCUT2D eigenvalue weighted by Gasteiger charge is -2.28. The first kappa shape index (κ1) is 34.6. The second-order valence-corrected chi connectivity index (χ2v) is 12.2. The molecule has 3 aliphatic rings. The predicted molar refractivity (Wildman–Crippen MR) is 168 cm³/mol. The maximum absolute atomic E-state index is 13.7. The fraction of sp³-hybridized carbons (Fsp3) is 0.419. The van der Waals surface area contributed by atoms with Gasteiger partial charge < -0.3 is 30.5 Å². The molecule has 1 aliphatic carbocycles. The molecule has 2 unspecified atom stereocenters. The van der Waals surface area contributed by atoms with Crippen LogP contribution in [0.5, 0.6) is 0 Å². The van der Waals surface area contributed by atoms with Crippen LogP contribution in [0, 0.1) is 17.8 Å². The quantitative estimate of drug-likeness (QED) is 0.207. The minimum absolute atomic E-state index is 0.0237. The lowest BCUT2D eigenvalue weighted by molar-refractivity contribution is -0.141. The zero-order valence-corrected chi connectivity index (χ0v) is 26.6. The zero-order chi connectivity index (χ0) is 34.7. The molecule has 1 saturated carbocycles. The third-order valence-electron chi connectivity index (χ3n) is 8.78. The molecule has 6 rings (SSSR count). The molecular weight excluding hydrogens is 657 g/mol. The highest BCUT2D eigenvalue weighted by Crippen LogP contribution is 2.46. The van der Waals surface area contributed by atoms with Crippen LogP contribution in [0.25, 0.3) is 11.3 Å². The molecular formula is C31H34ClF3N8O5. The lowest BCUT2D eigenvalue weighted by Crippen LogP contribution is -2.43. The number of piperidine rings is 2. The van der Waals surface area contributed by atoms with Crippen molar-refractivity contribution in [2.24, 2.45) is 24.8 Å². The molecule has 3 amide bonds. The molecule has 2 saturated heterocycles. The topological polar surface area (TPSA) is 163 Å². The standard InChI is InChI=1S/C30H32ClF3N8O3.CH2O2/c1-3-10-42-15-21(25(39-42)30(32,33)34)23-12-36-26(40(23)2)28(44)37-17-4-5-18(22(31)11-17)27(43)38-24-19-13-41(14-20(19)24)29(45)16-6-8-35-9-7-16;2-1-3/h3-5,11-12,15-16,19-20,24,35H,1,6-10,13-14H2,2H3,(H,37,44)(H,38,43);1H,(H,2,3). The first-order chi connectivity index (χ1) is 22.9. The van der Waals surface area contributed by atoms with Crippen LogP contribution in [-0.2, 0) is 29.4 Å². The van der Waals surface area contributed by atoms with Crippen LogP contribution < -0.4 is 16.0 Å². The van der Waals surface area contributed by atoms with Crippen LogP contribution in [0.15, 0.2) is 43.2 Å². The Morgan fingerprint density at radius 1 is 1.17 bits per heavy atom. The SMILES string of the molecule is C=CCn1cc(-c2cnc(C(=O)Nc3ccc(C(=O)NC4C5CN(C(=O)C6CCNCC6)CC54)c(Cl)c3)n2C)c(C(F)(F)F)n1.O=CO. The molecule has 13 nitrogen and oxygen atoms in total. The molecule has 0 bridgehead atoms. The molecule has 4 N–H and O–H groups in total. The monoisotopic (exact) mass is 690 g/mol. The van der Waals surface area contributed by atoms with E-state index in [1.165, 1.54) is 48.3 Å². The molecule has 2 aliphatic heterocycles. The summed E-state index contributed by atoms with van der Waals surface area (Å²) < 4.78 is 43.4. The van der Waals surface area contributed by atoms with E-state index in [1.54, 1.807) is 0 Å². The predicted octanol–water partition coefficient (Wildman–Crippen LogP) is 3.28. The number of halogens is 4. The number of carbonyl (C=O) groups excluding carboxylic acids is 3. The van der Waals surface area contributed by atoms with Crippen LogP contribution in [-0.4, -0.2) is 85.8 Å². The van der Waals surface area contributed by atoms with Gasteiger partial charge in [-0.2, -0.15) is 18.3 Å². The molecule has 3 aromatic rings. The summed E-state index contributed by atoms with van der Waals surface area (Å²) in [7, 11) is 1.43. The van der Waals surface area contributed by atoms with E-state index in [9.17, 15) is 27.6 Å². The van der Waals surface area contributed by atoms with Crippen LogP contribution >= 0.6 is 11.6 Å². The maximum Gasteiger partial charge on any atom is 0.435 e. The van der Waals surface area contributed by atoms with E-state index in [0.717, 1.165) is 30.6 Å². The molecule has 3 fully saturated rings. The van der Waals surface area contributed by atoms with Crippen LogP contribution in [0.1, 0.15) is 39.5 Å².